The van der Waals surface area contributed by atoms with E-state index < -0.39 is 16.9 Å². The summed E-state index contributed by atoms with van der Waals surface area (Å²) in [4.78, 5) is 14.1. The maximum atomic E-state index is 12.4. The maximum Gasteiger partial charge on any atom is 0.271 e. The predicted octanol–water partition coefficient (Wildman–Crippen LogP) is -0.273. The van der Waals surface area contributed by atoms with Gasteiger partial charge < -0.3 is 31.4 Å². The molecule has 0 aliphatic carbocycles. The van der Waals surface area contributed by atoms with Crippen LogP contribution >= 0.6 is 0 Å². The molecule has 7 N–H and O–H groups in total. The number of hydrogen-bond acceptors (Lipinski definition) is 9. The van der Waals surface area contributed by atoms with Gasteiger partial charge in [0.25, 0.3) is 5.69 Å². The lowest BCUT2D eigenvalue weighted by Gasteiger charge is -2.27. The number of non-ortho nitro benzene ring substituents is 1. The van der Waals surface area contributed by atoms with Crippen LogP contribution in [0.5, 0.6) is 0 Å². The van der Waals surface area contributed by atoms with Crippen LogP contribution in [0.2, 0.25) is 0 Å². The van der Waals surface area contributed by atoms with E-state index in [4.69, 9.17) is 15.9 Å². The number of aliphatic hydroxyl groups excluding tert-OH is 1. The van der Waals surface area contributed by atoms with Crippen LogP contribution in [0.4, 0.5) is 17.1 Å². The lowest BCUT2D eigenvalue weighted by molar-refractivity contribution is -0.384. The van der Waals surface area contributed by atoms with Crippen LogP contribution in [0.1, 0.15) is 11.9 Å². The number of nitro groups is 1. The Morgan fingerprint density at radius 1 is 1.41 bits per heavy atom. The number of aliphatic imine (C=N–C) groups is 1. The summed E-state index contributed by atoms with van der Waals surface area (Å²) in [7, 11) is 0. The van der Waals surface area contributed by atoms with E-state index in [1.807, 2.05) is 0 Å². The van der Waals surface area contributed by atoms with Crippen molar-refractivity contribution < 1.29 is 19.6 Å². The Morgan fingerprint density at radius 2 is 2.19 bits per heavy atom. The van der Waals surface area contributed by atoms with Gasteiger partial charge in [0.15, 0.2) is 6.10 Å². The number of benzene rings is 1. The van der Waals surface area contributed by atoms with Crippen molar-refractivity contribution in [3.05, 3.63) is 63.9 Å². The molecule has 27 heavy (non-hydrogen) atoms. The van der Waals surface area contributed by atoms with Crippen molar-refractivity contribution in [3.63, 3.8) is 0 Å². The fourth-order valence-electron chi connectivity index (χ4n) is 2.34. The first kappa shape index (κ1) is 17.8. The zero-order valence-corrected chi connectivity index (χ0v) is 13.6. The van der Waals surface area contributed by atoms with E-state index in [1.54, 1.807) is 6.07 Å². The Hall–Kier alpha value is -4.06. The Kier molecular flexibility index (Phi) is 4.64. The minimum atomic E-state index is -1.41. The minimum Gasteiger partial charge on any atom is -0.857 e. The number of nitrogens with zero attached hydrogens (tertiary/aromatic N) is 3. The van der Waals surface area contributed by atoms with Gasteiger partial charge in [-0.2, -0.15) is 0 Å². The predicted molar refractivity (Wildman–Crippen MR) is 93.5 cm³/mol. The van der Waals surface area contributed by atoms with Crippen LogP contribution < -0.4 is 27.3 Å². The van der Waals surface area contributed by atoms with Crippen LogP contribution in [0.15, 0.2) is 62.5 Å². The van der Waals surface area contributed by atoms with Gasteiger partial charge in [-0.25, -0.2) is 0 Å². The molecule has 0 bridgehead atoms. The van der Waals surface area contributed by atoms with E-state index in [1.165, 1.54) is 24.5 Å². The van der Waals surface area contributed by atoms with E-state index in [0.717, 1.165) is 6.07 Å². The van der Waals surface area contributed by atoms with E-state index in [-0.39, 0.29) is 34.5 Å². The minimum absolute atomic E-state index is 0.0895. The smallest absolute Gasteiger partial charge is 0.271 e. The molecule has 12 nitrogen and oxygen atoms in total. The highest BCUT2D eigenvalue weighted by Crippen LogP contribution is 2.35. The standard InChI is InChI=1S/C15H15N7O5/c16-15(17)21-20-11(13(23)10-2-1-5-27-10)12-14(24)19-9-6-7(22(25)26)3-4-8(9)18-12/h1-6,13,18,20,23H,(H,19,24)(H4,16,17,21)/p-1. The fraction of sp³-hybridized carbons (Fsp3) is 0.0667. The molecule has 1 unspecified atom stereocenters. The molecule has 12 heteroatoms. The monoisotopic (exact) mass is 372 g/mol. The van der Waals surface area contributed by atoms with Crippen molar-refractivity contribution in [2.24, 2.45) is 21.6 Å². The van der Waals surface area contributed by atoms with E-state index in [0.29, 0.717) is 5.69 Å². The Balaban J connectivity index is 2.07. The molecule has 0 saturated carbocycles. The molecule has 1 aromatic carbocycles. The number of nitro benzene ring substituents is 1. The number of hydrazone groups is 1. The molecule has 1 aromatic heterocycles. The van der Waals surface area contributed by atoms with Gasteiger partial charge in [0.05, 0.1) is 34.0 Å². The van der Waals surface area contributed by atoms with E-state index >= 15 is 0 Å². The Bertz CT molecular complexity index is 961. The molecule has 0 spiro atoms. The van der Waals surface area contributed by atoms with Crippen molar-refractivity contribution in [3.8, 4) is 0 Å². The zero-order valence-electron chi connectivity index (χ0n) is 13.6. The normalized spacial score (nSPS) is 15.7. The molecule has 1 aliphatic rings. The van der Waals surface area contributed by atoms with Gasteiger partial charge in [-0.3, -0.25) is 20.5 Å². The highest BCUT2D eigenvalue weighted by atomic mass is 16.6. The van der Waals surface area contributed by atoms with Crippen LogP contribution in [0.25, 0.3) is 0 Å². The first-order chi connectivity index (χ1) is 12.9. The second kappa shape index (κ2) is 7.05. The molecule has 3 rings (SSSR count). The lowest BCUT2D eigenvalue weighted by atomic mass is 10.1. The van der Waals surface area contributed by atoms with Gasteiger partial charge >= 0.3 is 0 Å². The Labute approximate surface area is 151 Å². The number of nitrogens with two attached hydrogens (primary N) is 2. The molecule has 0 radical (unpaired) electrons. The third-order valence-corrected chi connectivity index (χ3v) is 3.55. The molecular weight excluding hydrogens is 358 g/mol. The summed E-state index contributed by atoms with van der Waals surface area (Å²) in [5.41, 5.74) is 12.9. The molecular formula is C15H14N7O5-. The molecule has 1 atom stereocenters. The van der Waals surface area contributed by atoms with Crippen LogP contribution in [-0.4, -0.2) is 21.9 Å². The second-order valence-electron chi connectivity index (χ2n) is 5.36. The number of nitrogens with one attached hydrogen (secondary N) is 2. The fourth-order valence-corrected chi connectivity index (χ4v) is 2.34. The first-order valence-corrected chi connectivity index (χ1v) is 7.48. The van der Waals surface area contributed by atoms with Gasteiger partial charge in [0.2, 0.25) is 5.96 Å². The molecule has 140 valence electrons. The van der Waals surface area contributed by atoms with Crippen molar-refractivity contribution in [2.45, 2.75) is 6.10 Å². The number of furan rings is 1. The summed E-state index contributed by atoms with van der Waals surface area (Å²) in [6.07, 6.45) is -0.0691. The third kappa shape index (κ3) is 3.64. The average Bonchev–Trinajstić information content (AvgIpc) is 3.15. The summed E-state index contributed by atoms with van der Waals surface area (Å²) in [6, 6.07) is 6.84. The summed E-state index contributed by atoms with van der Waals surface area (Å²) in [6.45, 7) is 0. The van der Waals surface area contributed by atoms with Gasteiger partial charge in [-0.1, -0.05) is 0 Å². The van der Waals surface area contributed by atoms with Crippen LogP contribution in [0, 0.1) is 10.1 Å². The zero-order chi connectivity index (χ0) is 19.6. The Morgan fingerprint density at radius 3 is 2.81 bits per heavy atom. The topological polar surface area (TPSA) is 200 Å². The van der Waals surface area contributed by atoms with E-state index in [2.05, 4.69) is 20.8 Å². The number of hydrogen-bond donors (Lipinski definition) is 5. The van der Waals surface area contributed by atoms with Gasteiger partial charge in [0.1, 0.15) is 5.76 Å². The highest BCUT2D eigenvalue weighted by molar-refractivity contribution is 6.00. The molecule has 0 saturated heterocycles. The summed E-state index contributed by atoms with van der Waals surface area (Å²) in [5.74, 6) is -1.00. The largest absolute Gasteiger partial charge is 0.857 e. The summed E-state index contributed by atoms with van der Waals surface area (Å²) < 4.78 is 5.14. The van der Waals surface area contributed by atoms with Crippen molar-refractivity contribution in [1.82, 2.24) is 5.43 Å². The quantitative estimate of drug-likeness (QED) is 0.203. The van der Waals surface area contributed by atoms with Crippen molar-refractivity contribution >= 4 is 28.9 Å². The number of guanidine groups is 1. The molecule has 0 fully saturated rings. The number of rotatable bonds is 5. The van der Waals surface area contributed by atoms with Gasteiger partial charge in [0, 0.05) is 18.0 Å². The SMILES string of the molecule is NC(N)=NNC(=C1Nc2ccc([N+](=O)[O-])cc2N=C1[O-])C(O)c1ccco1. The number of aliphatic hydroxyl groups is 1. The maximum absolute atomic E-state index is 12.4. The summed E-state index contributed by atoms with van der Waals surface area (Å²) in [5, 5.41) is 40.2. The average molecular weight is 372 g/mol. The van der Waals surface area contributed by atoms with Crippen LogP contribution in [0.3, 0.4) is 0 Å². The van der Waals surface area contributed by atoms with Gasteiger partial charge in [-0.15, -0.1) is 5.10 Å². The molecule has 2 aromatic rings. The second-order valence-corrected chi connectivity index (χ2v) is 5.36. The first-order valence-electron chi connectivity index (χ1n) is 7.48. The third-order valence-electron chi connectivity index (χ3n) is 3.55. The van der Waals surface area contributed by atoms with Crippen molar-refractivity contribution in [1.29, 1.82) is 0 Å². The molecule has 2 heterocycles. The number of anilines is 1. The van der Waals surface area contributed by atoms with Crippen molar-refractivity contribution in [2.75, 3.05) is 5.32 Å². The van der Waals surface area contributed by atoms with Crippen LogP contribution in [-0.2, 0) is 0 Å². The number of fused-ring (bicyclic) bond motifs is 1. The molecule has 1 aliphatic heterocycles. The van der Waals surface area contributed by atoms with E-state index in [9.17, 15) is 20.3 Å². The lowest BCUT2D eigenvalue weighted by Crippen LogP contribution is -2.34. The highest BCUT2D eigenvalue weighted by Gasteiger charge is 2.24. The van der Waals surface area contributed by atoms with Gasteiger partial charge in [-0.05, 0) is 18.2 Å². The summed E-state index contributed by atoms with van der Waals surface area (Å²) >= 11 is 0. The molecule has 0 amide bonds.